The standard InChI is InChI=1S/C12H18N2O/c1-9-7-14(8-9)12-10(6-13)4-3-5-11(12)15-2/h3-5,9H,6-8,13H2,1-2H3. The Balaban J connectivity index is 2.33. The Morgan fingerprint density at radius 2 is 2.20 bits per heavy atom. The van der Waals surface area contributed by atoms with Gasteiger partial charge in [-0.05, 0) is 17.5 Å². The van der Waals surface area contributed by atoms with Crippen molar-refractivity contribution in [3.05, 3.63) is 23.8 Å². The summed E-state index contributed by atoms with van der Waals surface area (Å²) in [6, 6.07) is 6.06. The molecule has 0 atom stereocenters. The maximum atomic E-state index is 5.74. The minimum atomic E-state index is 0.567. The fraction of sp³-hybridized carbons (Fsp3) is 0.500. The first-order valence-corrected chi connectivity index (χ1v) is 5.37. The molecule has 0 bridgehead atoms. The van der Waals surface area contributed by atoms with Gasteiger partial charge in [0.05, 0.1) is 12.8 Å². The Morgan fingerprint density at radius 1 is 1.47 bits per heavy atom. The Labute approximate surface area is 90.8 Å². The van der Waals surface area contributed by atoms with E-state index < -0.39 is 0 Å². The first-order valence-electron chi connectivity index (χ1n) is 5.37. The van der Waals surface area contributed by atoms with Crippen LogP contribution in [0.2, 0.25) is 0 Å². The number of hydrogen-bond acceptors (Lipinski definition) is 3. The van der Waals surface area contributed by atoms with Crippen LogP contribution >= 0.6 is 0 Å². The summed E-state index contributed by atoms with van der Waals surface area (Å²) in [7, 11) is 1.71. The molecule has 1 aliphatic heterocycles. The van der Waals surface area contributed by atoms with Crippen LogP contribution in [0.25, 0.3) is 0 Å². The summed E-state index contributed by atoms with van der Waals surface area (Å²) in [4.78, 5) is 2.34. The molecular weight excluding hydrogens is 188 g/mol. The molecule has 3 heteroatoms. The first kappa shape index (κ1) is 10.3. The largest absolute Gasteiger partial charge is 0.495 e. The molecule has 82 valence electrons. The average molecular weight is 206 g/mol. The van der Waals surface area contributed by atoms with Crippen LogP contribution in [0.1, 0.15) is 12.5 Å². The molecule has 1 fully saturated rings. The molecule has 2 rings (SSSR count). The van der Waals surface area contributed by atoms with Crippen molar-refractivity contribution >= 4 is 5.69 Å². The van der Waals surface area contributed by atoms with Gasteiger partial charge in [0.15, 0.2) is 0 Å². The van der Waals surface area contributed by atoms with E-state index in [4.69, 9.17) is 10.5 Å². The molecule has 0 saturated carbocycles. The number of nitrogens with two attached hydrogens (primary N) is 1. The molecule has 0 aromatic heterocycles. The number of rotatable bonds is 3. The molecule has 0 unspecified atom stereocenters. The van der Waals surface area contributed by atoms with E-state index in [1.165, 1.54) is 11.3 Å². The molecule has 1 saturated heterocycles. The monoisotopic (exact) mass is 206 g/mol. The van der Waals surface area contributed by atoms with Crippen LogP contribution in [0.5, 0.6) is 5.75 Å². The number of benzene rings is 1. The van der Waals surface area contributed by atoms with E-state index in [9.17, 15) is 0 Å². The van der Waals surface area contributed by atoms with Gasteiger partial charge in [0.25, 0.3) is 0 Å². The van der Waals surface area contributed by atoms with Gasteiger partial charge in [0.1, 0.15) is 5.75 Å². The highest BCUT2D eigenvalue weighted by molar-refractivity contribution is 5.65. The van der Waals surface area contributed by atoms with Gasteiger partial charge in [0.2, 0.25) is 0 Å². The average Bonchev–Trinajstić information content (AvgIpc) is 2.23. The molecule has 0 aliphatic carbocycles. The van der Waals surface area contributed by atoms with Crippen LogP contribution in [0.4, 0.5) is 5.69 Å². The fourth-order valence-corrected chi connectivity index (χ4v) is 2.14. The molecule has 1 heterocycles. The Morgan fingerprint density at radius 3 is 2.73 bits per heavy atom. The SMILES string of the molecule is COc1cccc(CN)c1N1CC(C)C1. The molecular formula is C12H18N2O. The smallest absolute Gasteiger partial charge is 0.142 e. The molecule has 1 aliphatic rings. The van der Waals surface area contributed by atoms with E-state index in [1.807, 2.05) is 12.1 Å². The van der Waals surface area contributed by atoms with Crippen LogP contribution in [-0.4, -0.2) is 20.2 Å². The Kier molecular flexibility index (Phi) is 2.82. The highest BCUT2D eigenvalue weighted by Gasteiger charge is 2.26. The van der Waals surface area contributed by atoms with Crippen molar-refractivity contribution in [1.29, 1.82) is 0 Å². The van der Waals surface area contributed by atoms with Crippen LogP contribution in [0.15, 0.2) is 18.2 Å². The second kappa shape index (κ2) is 4.11. The third kappa shape index (κ3) is 1.79. The highest BCUT2D eigenvalue weighted by atomic mass is 16.5. The minimum absolute atomic E-state index is 0.567. The normalized spacial score (nSPS) is 16.3. The number of methoxy groups -OCH3 is 1. The van der Waals surface area contributed by atoms with Crippen molar-refractivity contribution in [3.8, 4) is 5.75 Å². The maximum Gasteiger partial charge on any atom is 0.142 e. The molecule has 0 amide bonds. The van der Waals surface area contributed by atoms with Crippen molar-refractivity contribution in [2.24, 2.45) is 11.7 Å². The van der Waals surface area contributed by atoms with E-state index in [-0.39, 0.29) is 0 Å². The van der Waals surface area contributed by atoms with E-state index in [1.54, 1.807) is 7.11 Å². The lowest BCUT2D eigenvalue weighted by molar-refractivity contribution is 0.398. The third-order valence-electron chi connectivity index (χ3n) is 2.90. The predicted octanol–water partition coefficient (Wildman–Crippen LogP) is 1.61. The zero-order valence-electron chi connectivity index (χ0n) is 9.36. The van der Waals surface area contributed by atoms with E-state index in [0.717, 1.165) is 24.8 Å². The quantitative estimate of drug-likeness (QED) is 0.816. The first-order chi connectivity index (χ1) is 7.26. The zero-order valence-corrected chi connectivity index (χ0v) is 9.36. The van der Waals surface area contributed by atoms with Crippen molar-refractivity contribution in [3.63, 3.8) is 0 Å². The molecule has 3 nitrogen and oxygen atoms in total. The lowest BCUT2D eigenvalue weighted by atomic mass is 9.99. The van der Waals surface area contributed by atoms with Gasteiger partial charge in [0, 0.05) is 19.6 Å². The highest BCUT2D eigenvalue weighted by Crippen LogP contribution is 2.36. The summed E-state index contributed by atoms with van der Waals surface area (Å²) in [6.45, 7) is 5.03. The summed E-state index contributed by atoms with van der Waals surface area (Å²) < 4.78 is 5.38. The maximum absolute atomic E-state index is 5.74. The van der Waals surface area contributed by atoms with Gasteiger partial charge < -0.3 is 15.4 Å². The lowest BCUT2D eigenvalue weighted by Gasteiger charge is -2.40. The van der Waals surface area contributed by atoms with Gasteiger partial charge in [-0.25, -0.2) is 0 Å². The predicted molar refractivity (Wildman–Crippen MR) is 62.3 cm³/mol. The van der Waals surface area contributed by atoms with Gasteiger partial charge in [-0.3, -0.25) is 0 Å². The van der Waals surface area contributed by atoms with Gasteiger partial charge in [-0.1, -0.05) is 19.1 Å². The summed E-state index contributed by atoms with van der Waals surface area (Å²) >= 11 is 0. The second-order valence-corrected chi connectivity index (χ2v) is 4.18. The van der Waals surface area contributed by atoms with Crippen molar-refractivity contribution in [2.75, 3.05) is 25.1 Å². The summed E-state index contributed by atoms with van der Waals surface area (Å²) in [5.41, 5.74) is 8.09. The second-order valence-electron chi connectivity index (χ2n) is 4.18. The van der Waals surface area contributed by atoms with Crippen LogP contribution < -0.4 is 15.4 Å². The van der Waals surface area contributed by atoms with Crippen LogP contribution in [0.3, 0.4) is 0 Å². The van der Waals surface area contributed by atoms with E-state index in [2.05, 4.69) is 17.9 Å². The molecule has 0 radical (unpaired) electrons. The van der Waals surface area contributed by atoms with Crippen LogP contribution in [-0.2, 0) is 6.54 Å². The summed E-state index contributed by atoms with van der Waals surface area (Å²) in [5, 5.41) is 0. The fourth-order valence-electron chi connectivity index (χ4n) is 2.14. The molecule has 0 spiro atoms. The van der Waals surface area contributed by atoms with Crippen LogP contribution in [0, 0.1) is 5.92 Å². The summed E-state index contributed by atoms with van der Waals surface area (Å²) in [6.07, 6.45) is 0. The van der Waals surface area contributed by atoms with Crippen molar-refractivity contribution in [2.45, 2.75) is 13.5 Å². The molecule has 1 aromatic carbocycles. The summed E-state index contributed by atoms with van der Waals surface area (Å²) in [5.74, 6) is 1.71. The number of hydrogen-bond donors (Lipinski definition) is 1. The third-order valence-corrected chi connectivity index (χ3v) is 2.90. The zero-order chi connectivity index (χ0) is 10.8. The van der Waals surface area contributed by atoms with Gasteiger partial charge in [-0.15, -0.1) is 0 Å². The Hall–Kier alpha value is -1.22. The molecule has 2 N–H and O–H groups in total. The topological polar surface area (TPSA) is 38.5 Å². The number of nitrogens with zero attached hydrogens (tertiary/aromatic N) is 1. The number of para-hydroxylation sites is 1. The van der Waals surface area contributed by atoms with Crippen molar-refractivity contribution in [1.82, 2.24) is 0 Å². The number of anilines is 1. The van der Waals surface area contributed by atoms with Gasteiger partial charge in [-0.2, -0.15) is 0 Å². The van der Waals surface area contributed by atoms with E-state index in [0.29, 0.717) is 6.54 Å². The molecule has 1 aromatic rings. The molecule has 15 heavy (non-hydrogen) atoms. The number of ether oxygens (including phenoxy) is 1. The van der Waals surface area contributed by atoms with E-state index >= 15 is 0 Å². The van der Waals surface area contributed by atoms with Crippen molar-refractivity contribution < 1.29 is 4.74 Å². The minimum Gasteiger partial charge on any atom is -0.495 e. The Bertz CT molecular complexity index is 323. The van der Waals surface area contributed by atoms with Gasteiger partial charge >= 0.3 is 0 Å². The lowest BCUT2D eigenvalue weighted by Crippen LogP contribution is -2.45.